The Morgan fingerprint density at radius 2 is 1.91 bits per heavy atom. The number of aliphatic hydroxyl groups is 1. The van der Waals surface area contributed by atoms with Crippen LogP contribution in [0, 0.1) is 19.6 Å². The largest absolute Gasteiger partial charge is 0.394 e. The number of nitro benzene ring substituents is 1. The number of anilines is 1. The van der Waals surface area contributed by atoms with Gasteiger partial charge in [0.25, 0.3) is 11.6 Å². The molecule has 1 aromatic carbocycles. The van der Waals surface area contributed by atoms with Crippen LogP contribution in [0.2, 0.25) is 0 Å². The first-order chi connectivity index (χ1) is 15.5. The van der Waals surface area contributed by atoms with Crippen molar-refractivity contribution in [3.05, 3.63) is 31.4 Å². The van der Waals surface area contributed by atoms with Crippen LogP contribution >= 0.6 is 22.6 Å². The van der Waals surface area contributed by atoms with Gasteiger partial charge in [-0.05, 0) is 34.9 Å². The molecule has 0 aromatic heterocycles. The van der Waals surface area contributed by atoms with E-state index in [0.29, 0.717) is 3.57 Å². The number of nitrogens with one attached hydrogen (secondary N) is 4. The molecule has 7 N–H and O–H groups in total. The van der Waals surface area contributed by atoms with Gasteiger partial charge < -0.3 is 32.1 Å². The lowest BCUT2D eigenvalue weighted by Crippen LogP contribution is -2.58. The number of non-ortho nitro benzene ring substituents is 1. The highest BCUT2D eigenvalue weighted by atomic mass is 127. The fraction of sp³-hybridized carbons (Fsp3) is 0.474. The molecule has 0 aliphatic carbocycles. The van der Waals surface area contributed by atoms with Crippen LogP contribution < -0.4 is 27.0 Å². The molecule has 1 aliphatic rings. The van der Waals surface area contributed by atoms with Crippen molar-refractivity contribution in [2.45, 2.75) is 38.4 Å². The van der Waals surface area contributed by atoms with Gasteiger partial charge in [0.15, 0.2) is 0 Å². The first-order valence-corrected chi connectivity index (χ1v) is 11.1. The van der Waals surface area contributed by atoms with Crippen LogP contribution in [0.4, 0.5) is 11.4 Å². The molecule has 2 rings (SSSR count). The number of hydrogen-bond acceptors (Lipinski definition) is 8. The molecule has 3 atom stereocenters. The number of hydrogen-bond donors (Lipinski definition) is 6. The second-order valence-corrected chi connectivity index (χ2v) is 8.89. The van der Waals surface area contributed by atoms with Gasteiger partial charge in [-0.3, -0.25) is 29.3 Å². The van der Waals surface area contributed by atoms with E-state index in [-0.39, 0.29) is 29.9 Å². The highest BCUT2D eigenvalue weighted by molar-refractivity contribution is 14.1. The molecule has 0 spiro atoms. The minimum Gasteiger partial charge on any atom is -0.394 e. The molecular weight excluding hydrogens is 551 g/mol. The van der Waals surface area contributed by atoms with Crippen molar-refractivity contribution in [2.24, 2.45) is 11.7 Å². The lowest BCUT2D eigenvalue weighted by molar-refractivity contribution is -0.384. The molecule has 1 heterocycles. The van der Waals surface area contributed by atoms with Gasteiger partial charge in [-0.15, -0.1) is 0 Å². The fourth-order valence-electron chi connectivity index (χ4n) is 3.17. The van der Waals surface area contributed by atoms with Crippen molar-refractivity contribution < 1.29 is 29.2 Å². The summed E-state index contributed by atoms with van der Waals surface area (Å²) >= 11 is 1.83. The zero-order valence-corrected chi connectivity index (χ0v) is 20.0. The topological polar surface area (TPSA) is 206 Å². The first-order valence-electron chi connectivity index (χ1n) is 9.99. The number of amides is 4. The number of fused-ring (bicyclic) bond motifs is 1. The van der Waals surface area contributed by atoms with Crippen molar-refractivity contribution in [1.29, 1.82) is 0 Å². The van der Waals surface area contributed by atoms with Gasteiger partial charge in [-0.25, -0.2) is 0 Å². The molecule has 0 radical (unpaired) electrons. The number of carbonyl (C=O) groups is 4. The van der Waals surface area contributed by atoms with Gasteiger partial charge in [0.05, 0.1) is 22.8 Å². The summed E-state index contributed by atoms with van der Waals surface area (Å²) in [7, 11) is 0. The summed E-state index contributed by atoms with van der Waals surface area (Å²) in [5, 5.41) is 31.2. The molecule has 0 saturated carbocycles. The van der Waals surface area contributed by atoms with E-state index in [2.05, 4.69) is 21.3 Å². The normalized spacial score (nSPS) is 22.2. The first kappa shape index (κ1) is 26.2. The van der Waals surface area contributed by atoms with E-state index >= 15 is 0 Å². The molecule has 4 amide bonds. The van der Waals surface area contributed by atoms with E-state index in [1.165, 1.54) is 6.07 Å². The Hall–Kier alpha value is -3.01. The van der Waals surface area contributed by atoms with Gasteiger partial charge in [0.1, 0.15) is 18.1 Å². The summed E-state index contributed by atoms with van der Waals surface area (Å²) in [5.41, 5.74) is 5.25. The van der Waals surface area contributed by atoms with E-state index in [4.69, 9.17) is 5.73 Å². The number of primary amides is 1. The number of nitro groups is 1. The van der Waals surface area contributed by atoms with Crippen LogP contribution in [0.5, 0.6) is 0 Å². The smallest absolute Gasteiger partial charge is 0.271 e. The maximum absolute atomic E-state index is 13.1. The Labute approximate surface area is 202 Å². The lowest BCUT2D eigenvalue weighted by atomic mass is 10.0. The third-order valence-corrected chi connectivity index (χ3v) is 5.83. The Morgan fingerprint density at radius 3 is 2.45 bits per heavy atom. The lowest BCUT2D eigenvalue weighted by Gasteiger charge is -2.27. The summed E-state index contributed by atoms with van der Waals surface area (Å²) in [6, 6.07) is -1.28. The average Bonchev–Trinajstić information content (AvgIpc) is 2.73. The highest BCUT2D eigenvalue weighted by Crippen LogP contribution is 2.29. The van der Waals surface area contributed by atoms with Crippen LogP contribution in [0.1, 0.15) is 30.6 Å². The predicted molar refractivity (Wildman–Crippen MR) is 125 cm³/mol. The molecule has 0 bridgehead atoms. The zero-order valence-electron chi connectivity index (χ0n) is 17.9. The number of carbonyl (C=O) groups excluding carboxylic acids is 4. The van der Waals surface area contributed by atoms with Crippen molar-refractivity contribution in [3.63, 3.8) is 0 Å². The Balaban J connectivity index is 2.56. The molecule has 14 heteroatoms. The van der Waals surface area contributed by atoms with Crippen molar-refractivity contribution in [3.8, 4) is 0 Å². The molecule has 180 valence electrons. The predicted octanol–water partition coefficient (Wildman–Crippen LogP) is -0.783. The average molecular weight is 576 g/mol. The van der Waals surface area contributed by atoms with Crippen molar-refractivity contribution in [1.82, 2.24) is 16.0 Å². The Bertz CT molecular complexity index is 970. The van der Waals surface area contributed by atoms with E-state index < -0.39 is 59.2 Å². The standard InChI is InChI=1S/C19H25IN6O7/c1-8(2)14-19(31)24-13(7-27)18(30)23-12(16(21)28)3-4-22-15-10(17(29)25-14)5-9(26(32)33)6-11(15)20/h5-6,8,12-14,22,27H,3-4,7H2,1-2H3,(H2,21,28)(H,23,30)(H,24,31)(H,25,29)/t12-,13-,14-/m0/s1. The SMILES string of the molecule is CC(C)[C@@H]1NC(=O)c2cc([N+](=O)[O-])cc(I)c2NCC[C@@H](C(N)=O)NC(=O)[C@H](CO)NC1=O. The summed E-state index contributed by atoms with van der Waals surface area (Å²) in [4.78, 5) is 60.9. The van der Waals surface area contributed by atoms with E-state index in [1.807, 2.05) is 22.6 Å². The maximum atomic E-state index is 13.1. The minimum absolute atomic E-state index is 0.00984. The molecule has 1 aromatic rings. The quantitative estimate of drug-likeness (QED) is 0.152. The number of halogens is 1. The molecule has 33 heavy (non-hydrogen) atoms. The summed E-state index contributed by atoms with van der Waals surface area (Å²) in [6.07, 6.45) is 0.00984. The van der Waals surface area contributed by atoms with Crippen LogP contribution in [0.15, 0.2) is 12.1 Å². The van der Waals surface area contributed by atoms with E-state index in [0.717, 1.165) is 6.07 Å². The number of nitrogens with zero attached hydrogens (tertiary/aromatic N) is 1. The summed E-state index contributed by atoms with van der Waals surface area (Å²) in [6.45, 7) is 2.63. The van der Waals surface area contributed by atoms with Crippen LogP contribution in [-0.4, -0.2) is 64.9 Å². The second kappa shape index (κ2) is 11.2. The molecule has 0 unspecified atom stereocenters. The number of benzene rings is 1. The number of aliphatic hydroxyl groups excluding tert-OH is 1. The molecule has 1 aliphatic heterocycles. The molecule has 0 saturated heterocycles. The van der Waals surface area contributed by atoms with Gasteiger partial charge in [-0.1, -0.05) is 13.8 Å². The van der Waals surface area contributed by atoms with E-state index in [1.54, 1.807) is 13.8 Å². The zero-order chi connectivity index (χ0) is 24.9. The summed E-state index contributed by atoms with van der Waals surface area (Å²) < 4.78 is 0.365. The van der Waals surface area contributed by atoms with Gasteiger partial charge >= 0.3 is 0 Å². The number of nitrogens with two attached hydrogens (primary N) is 1. The van der Waals surface area contributed by atoms with Crippen molar-refractivity contribution in [2.75, 3.05) is 18.5 Å². The number of rotatable bonds is 4. The molecular formula is C19H25IN6O7. The second-order valence-electron chi connectivity index (χ2n) is 7.73. The van der Waals surface area contributed by atoms with Crippen LogP contribution in [0.25, 0.3) is 0 Å². The van der Waals surface area contributed by atoms with Crippen LogP contribution in [-0.2, 0) is 14.4 Å². The minimum atomic E-state index is -1.39. The third-order valence-electron chi connectivity index (χ3n) is 4.98. The maximum Gasteiger partial charge on any atom is 0.271 e. The summed E-state index contributed by atoms with van der Waals surface area (Å²) in [5.74, 6) is -3.59. The van der Waals surface area contributed by atoms with Gasteiger partial charge in [-0.2, -0.15) is 0 Å². The van der Waals surface area contributed by atoms with Gasteiger partial charge in [0.2, 0.25) is 17.7 Å². The Kier molecular flexibility index (Phi) is 8.92. The van der Waals surface area contributed by atoms with Crippen molar-refractivity contribution >= 4 is 57.6 Å². The van der Waals surface area contributed by atoms with Gasteiger partial charge in [0, 0.05) is 22.2 Å². The monoisotopic (exact) mass is 576 g/mol. The Morgan fingerprint density at radius 1 is 1.24 bits per heavy atom. The highest BCUT2D eigenvalue weighted by Gasteiger charge is 2.32. The van der Waals surface area contributed by atoms with E-state index in [9.17, 15) is 34.4 Å². The van der Waals surface area contributed by atoms with Crippen LogP contribution in [0.3, 0.4) is 0 Å². The molecule has 0 fully saturated rings. The fourth-order valence-corrected chi connectivity index (χ4v) is 3.97. The molecule has 13 nitrogen and oxygen atoms in total. The third kappa shape index (κ3) is 6.50.